The number of hydrogen-bond acceptors (Lipinski definition) is 3. The normalized spacial score (nSPS) is 16.1. The Balaban J connectivity index is 1.91. The van der Waals surface area contributed by atoms with Crippen LogP contribution in [0.4, 0.5) is 10.7 Å². The molecule has 0 unspecified atom stereocenters. The molecule has 6 heteroatoms. The molecule has 0 bridgehead atoms. The number of alkyl halides is 1. The van der Waals surface area contributed by atoms with Crippen molar-refractivity contribution in [1.29, 1.82) is 0 Å². The second-order valence-electron chi connectivity index (χ2n) is 4.30. The lowest BCUT2D eigenvalue weighted by molar-refractivity contribution is 0.204. The maximum atomic E-state index is 11.9. The minimum Gasteiger partial charge on any atom is -0.338 e. The summed E-state index contributed by atoms with van der Waals surface area (Å²) in [5.41, 5.74) is 0.616. The summed E-state index contributed by atoms with van der Waals surface area (Å²) in [5, 5.41) is 6.38. The molecule has 0 aromatic carbocycles. The van der Waals surface area contributed by atoms with Crippen LogP contribution in [0.3, 0.4) is 0 Å². The SMILES string of the molecule is CN(C(=O)Nc1cc(CCl)no1)C1CCCC1. The van der Waals surface area contributed by atoms with E-state index in [-0.39, 0.29) is 11.9 Å². The molecule has 1 fully saturated rings. The van der Waals surface area contributed by atoms with E-state index in [0.29, 0.717) is 17.6 Å². The number of carbonyl (C=O) groups is 1. The van der Waals surface area contributed by atoms with Gasteiger partial charge in [-0.15, -0.1) is 11.6 Å². The van der Waals surface area contributed by atoms with Gasteiger partial charge in [0, 0.05) is 19.2 Å². The fraction of sp³-hybridized carbons (Fsp3) is 0.636. The van der Waals surface area contributed by atoms with Gasteiger partial charge in [0.1, 0.15) is 5.69 Å². The van der Waals surface area contributed by atoms with Gasteiger partial charge in [-0.05, 0) is 12.8 Å². The van der Waals surface area contributed by atoms with Gasteiger partial charge in [0.05, 0.1) is 5.88 Å². The minimum atomic E-state index is -0.158. The number of urea groups is 1. The summed E-state index contributed by atoms with van der Waals surface area (Å²) >= 11 is 5.60. The smallest absolute Gasteiger partial charge is 0.324 e. The van der Waals surface area contributed by atoms with Crippen molar-refractivity contribution in [3.05, 3.63) is 11.8 Å². The van der Waals surface area contributed by atoms with Gasteiger partial charge in [-0.1, -0.05) is 18.0 Å². The van der Waals surface area contributed by atoms with E-state index in [2.05, 4.69) is 10.5 Å². The van der Waals surface area contributed by atoms with Crippen molar-refractivity contribution < 1.29 is 9.32 Å². The maximum Gasteiger partial charge on any atom is 0.324 e. The number of nitrogens with zero attached hydrogens (tertiary/aromatic N) is 2. The number of rotatable bonds is 3. The molecular weight excluding hydrogens is 242 g/mol. The zero-order chi connectivity index (χ0) is 12.3. The molecule has 1 saturated carbocycles. The molecule has 0 spiro atoms. The maximum absolute atomic E-state index is 11.9. The van der Waals surface area contributed by atoms with Gasteiger partial charge in [0.2, 0.25) is 5.88 Å². The van der Waals surface area contributed by atoms with E-state index in [1.165, 1.54) is 12.8 Å². The third-order valence-corrected chi connectivity index (χ3v) is 3.39. The quantitative estimate of drug-likeness (QED) is 0.847. The standard InChI is InChI=1S/C11H16ClN3O2/c1-15(9-4-2-3-5-9)11(16)13-10-6-8(7-12)14-17-10/h6,9H,2-5,7H2,1H3,(H,13,16). The molecule has 94 valence electrons. The van der Waals surface area contributed by atoms with E-state index in [4.69, 9.17) is 16.1 Å². The minimum absolute atomic E-state index is 0.158. The molecule has 1 heterocycles. The summed E-state index contributed by atoms with van der Waals surface area (Å²) < 4.78 is 4.95. The summed E-state index contributed by atoms with van der Waals surface area (Å²) in [7, 11) is 1.81. The molecule has 5 nitrogen and oxygen atoms in total. The second kappa shape index (κ2) is 5.40. The summed E-state index contributed by atoms with van der Waals surface area (Å²) in [6.07, 6.45) is 4.54. The van der Waals surface area contributed by atoms with Gasteiger partial charge in [0.15, 0.2) is 0 Å². The van der Waals surface area contributed by atoms with Crippen molar-refractivity contribution >= 4 is 23.5 Å². The zero-order valence-corrected chi connectivity index (χ0v) is 10.5. The third kappa shape index (κ3) is 2.91. The first-order chi connectivity index (χ1) is 8.20. The molecule has 1 aliphatic carbocycles. The van der Waals surface area contributed by atoms with Crippen LogP contribution in [0.2, 0.25) is 0 Å². The van der Waals surface area contributed by atoms with Gasteiger partial charge in [-0.25, -0.2) is 4.79 Å². The molecule has 1 N–H and O–H groups in total. The molecule has 2 rings (SSSR count). The average molecular weight is 258 g/mol. The van der Waals surface area contributed by atoms with E-state index in [9.17, 15) is 4.79 Å². The Bertz CT molecular complexity index is 388. The van der Waals surface area contributed by atoms with Gasteiger partial charge >= 0.3 is 6.03 Å². The molecule has 1 aromatic rings. The van der Waals surface area contributed by atoms with Gasteiger partial charge in [-0.2, -0.15) is 0 Å². The van der Waals surface area contributed by atoms with Crippen LogP contribution in [0.25, 0.3) is 0 Å². The lowest BCUT2D eigenvalue weighted by atomic mass is 10.2. The van der Waals surface area contributed by atoms with Crippen molar-refractivity contribution in [3.63, 3.8) is 0 Å². The van der Waals surface area contributed by atoms with E-state index in [1.54, 1.807) is 11.0 Å². The topological polar surface area (TPSA) is 58.4 Å². The summed E-state index contributed by atoms with van der Waals surface area (Å²) in [5.74, 6) is 0.619. The van der Waals surface area contributed by atoms with Gasteiger partial charge in [0.25, 0.3) is 0 Å². The number of halogens is 1. The van der Waals surface area contributed by atoms with Gasteiger partial charge < -0.3 is 9.42 Å². The van der Waals surface area contributed by atoms with Crippen LogP contribution in [-0.4, -0.2) is 29.2 Å². The molecule has 1 aromatic heterocycles. The molecule has 0 atom stereocenters. The van der Waals surface area contributed by atoms with Crippen LogP contribution < -0.4 is 5.32 Å². The Kier molecular flexibility index (Phi) is 3.89. The monoisotopic (exact) mass is 257 g/mol. The highest BCUT2D eigenvalue weighted by atomic mass is 35.5. The highest BCUT2D eigenvalue weighted by molar-refractivity contribution is 6.16. The summed E-state index contributed by atoms with van der Waals surface area (Å²) in [6, 6.07) is 1.81. The van der Waals surface area contributed by atoms with Crippen LogP contribution in [0, 0.1) is 0 Å². The largest absolute Gasteiger partial charge is 0.338 e. The Morgan fingerprint density at radius 2 is 2.35 bits per heavy atom. The Morgan fingerprint density at radius 1 is 1.65 bits per heavy atom. The van der Waals surface area contributed by atoms with Crippen LogP contribution in [0.15, 0.2) is 10.6 Å². The molecule has 17 heavy (non-hydrogen) atoms. The highest BCUT2D eigenvalue weighted by Gasteiger charge is 2.23. The van der Waals surface area contributed by atoms with Crippen molar-refractivity contribution in [1.82, 2.24) is 10.1 Å². The van der Waals surface area contributed by atoms with Crippen molar-refractivity contribution in [2.45, 2.75) is 37.6 Å². The van der Waals surface area contributed by atoms with Crippen LogP contribution in [0.1, 0.15) is 31.4 Å². The van der Waals surface area contributed by atoms with Gasteiger partial charge in [-0.3, -0.25) is 5.32 Å². The molecule has 2 amide bonds. The number of anilines is 1. The number of aromatic nitrogens is 1. The van der Waals surface area contributed by atoms with E-state index in [1.807, 2.05) is 7.05 Å². The lowest BCUT2D eigenvalue weighted by Gasteiger charge is -2.23. The van der Waals surface area contributed by atoms with Crippen LogP contribution >= 0.6 is 11.6 Å². The van der Waals surface area contributed by atoms with Crippen LogP contribution in [-0.2, 0) is 5.88 Å². The number of nitrogens with one attached hydrogen (secondary N) is 1. The van der Waals surface area contributed by atoms with Crippen LogP contribution in [0.5, 0.6) is 0 Å². The molecule has 0 saturated heterocycles. The second-order valence-corrected chi connectivity index (χ2v) is 4.56. The molecule has 1 aliphatic rings. The lowest BCUT2D eigenvalue weighted by Crippen LogP contribution is -2.38. The fourth-order valence-electron chi connectivity index (χ4n) is 2.08. The number of carbonyl (C=O) groups excluding carboxylic acids is 1. The number of hydrogen-bond donors (Lipinski definition) is 1. The molecular formula is C11H16ClN3O2. The predicted octanol–water partition coefficient (Wildman–Crippen LogP) is 2.82. The zero-order valence-electron chi connectivity index (χ0n) is 9.78. The fourth-order valence-corrected chi connectivity index (χ4v) is 2.21. The molecule has 0 aliphatic heterocycles. The predicted molar refractivity (Wildman–Crippen MR) is 65.1 cm³/mol. The first-order valence-electron chi connectivity index (χ1n) is 5.76. The van der Waals surface area contributed by atoms with Crippen molar-refractivity contribution in [2.24, 2.45) is 0 Å². The Labute approximate surface area is 105 Å². The highest BCUT2D eigenvalue weighted by Crippen LogP contribution is 2.23. The summed E-state index contributed by atoms with van der Waals surface area (Å²) in [4.78, 5) is 13.6. The summed E-state index contributed by atoms with van der Waals surface area (Å²) in [6.45, 7) is 0. The number of amides is 2. The third-order valence-electron chi connectivity index (χ3n) is 3.12. The Hall–Kier alpha value is -1.23. The Morgan fingerprint density at radius 3 is 2.94 bits per heavy atom. The molecule has 0 radical (unpaired) electrons. The first kappa shape index (κ1) is 12.2. The first-order valence-corrected chi connectivity index (χ1v) is 6.29. The van der Waals surface area contributed by atoms with Crippen molar-refractivity contribution in [2.75, 3.05) is 12.4 Å². The average Bonchev–Trinajstić information content (AvgIpc) is 2.98. The van der Waals surface area contributed by atoms with E-state index >= 15 is 0 Å². The van der Waals surface area contributed by atoms with E-state index in [0.717, 1.165) is 12.8 Å². The van der Waals surface area contributed by atoms with E-state index < -0.39 is 0 Å². The van der Waals surface area contributed by atoms with Crippen molar-refractivity contribution in [3.8, 4) is 0 Å².